The Bertz CT molecular complexity index is 627. The van der Waals surface area contributed by atoms with Crippen molar-refractivity contribution in [1.29, 1.82) is 0 Å². The zero-order valence-corrected chi connectivity index (χ0v) is 32.0. The quantitative estimate of drug-likeness (QED) is 0.152. The molecule has 1 atom stereocenters. The summed E-state index contributed by atoms with van der Waals surface area (Å²) in [6.45, 7) is 1.43. The summed E-state index contributed by atoms with van der Waals surface area (Å²) in [5.74, 6) is -1.20. The second-order valence-corrected chi connectivity index (χ2v) is 18.5. The summed E-state index contributed by atoms with van der Waals surface area (Å²) in [4.78, 5) is -17.8. The van der Waals surface area contributed by atoms with Gasteiger partial charge in [-0.15, -0.1) is 232 Å². The maximum Gasteiger partial charge on any atom is 0.119 e. The predicted molar refractivity (Wildman–Crippen MR) is 174 cm³/mol. The Morgan fingerprint density at radius 2 is 0.500 bits per heavy atom. The highest BCUT2D eigenvalue weighted by molar-refractivity contribution is 6.57. The average Bonchev–Trinajstić information content (AvgIpc) is 2.66. The number of hydrogen-bond acceptors (Lipinski definition) is 0. The maximum absolute atomic E-state index is 6.69. The van der Waals surface area contributed by atoms with E-state index in [0.717, 1.165) is 0 Å². The molecule has 0 saturated carbocycles. The zero-order chi connectivity index (χ0) is 29.4. The van der Waals surface area contributed by atoms with Gasteiger partial charge in [0.1, 0.15) is 48.4 Å². The van der Waals surface area contributed by atoms with Gasteiger partial charge >= 0.3 is 0 Å². The molecule has 0 rings (SSSR count). The lowest BCUT2D eigenvalue weighted by Crippen LogP contribution is -2.78. The molecule has 218 valence electrons. The second-order valence-electron chi connectivity index (χ2n) is 7.43. The molecule has 0 fully saturated rings. The third-order valence-electron chi connectivity index (χ3n) is 6.43. The van der Waals surface area contributed by atoms with E-state index in [1.807, 2.05) is 0 Å². The molecule has 0 aliphatic carbocycles. The van der Waals surface area contributed by atoms with Crippen LogP contribution in [0.15, 0.2) is 0 Å². The van der Waals surface area contributed by atoms with Gasteiger partial charge < -0.3 is 0 Å². The SMILES string of the molecule is CC(C(Cl)Cl)C(C(Cl)Cl)(C(Cl)Cl)C(C(Cl)Cl)(C(Cl)Cl)C(C(Cl)Cl)(C(Cl)Cl)C(C(Cl)Cl)(C(Cl)Cl)C(Cl)Cl. The van der Waals surface area contributed by atoms with Crippen LogP contribution >= 0.6 is 232 Å². The van der Waals surface area contributed by atoms with Crippen LogP contribution in [0.5, 0.6) is 0 Å². The number of rotatable bonds is 14. The zero-order valence-electron chi connectivity index (χ0n) is 16.9. The van der Waals surface area contributed by atoms with E-state index >= 15 is 0 Å². The van der Waals surface area contributed by atoms with Crippen molar-refractivity contribution in [2.24, 2.45) is 27.6 Å². The Balaban J connectivity index is 9.09. The Labute approximate surface area is 310 Å². The normalized spacial score (nSPS) is 16.1. The molecule has 0 aromatic rings. The molecule has 0 aliphatic heterocycles. The van der Waals surface area contributed by atoms with Crippen LogP contribution in [0.3, 0.4) is 0 Å². The molecule has 0 aromatic carbocycles. The van der Waals surface area contributed by atoms with Crippen LogP contribution in [0.2, 0.25) is 0 Å². The van der Waals surface area contributed by atoms with Crippen LogP contribution in [0, 0.1) is 27.6 Å². The average molecular weight is 915 g/mol. The van der Waals surface area contributed by atoms with Gasteiger partial charge in [-0.05, 0) is 5.92 Å². The van der Waals surface area contributed by atoms with Gasteiger partial charge in [0.2, 0.25) is 0 Å². The van der Waals surface area contributed by atoms with Gasteiger partial charge in [-0.3, -0.25) is 0 Å². The van der Waals surface area contributed by atoms with Crippen LogP contribution < -0.4 is 0 Å². The molecule has 0 amide bonds. The monoisotopic (exact) mass is 905 g/mol. The van der Waals surface area contributed by atoms with E-state index in [1.54, 1.807) is 0 Å². The van der Waals surface area contributed by atoms with E-state index in [1.165, 1.54) is 6.92 Å². The molecule has 0 radical (unpaired) electrons. The van der Waals surface area contributed by atoms with Crippen molar-refractivity contribution >= 4 is 232 Å². The largest absolute Gasteiger partial charge is 0.119 e. The third-order valence-corrected chi connectivity index (χ3v) is 13.6. The van der Waals surface area contributed by atoms with Gasteiger partial charge in [-0.25, -0.2) is 0 Å². The first kappa shape index (κ1) is 41.8. The molecule has 0 saturated heterocycles. The van der Waals surface area contributed by atoms with Crippen molar-refractivity contribution in [2.45, 2.75) is 55.3 Å². The fraction of sp³-hybridized carbons (Fsp3) is 1.00. The van der Waals surface area contributed by atoms with Crippen LogP contribution in [-0.2, 0) is 0 Å². The van der Waals surface area contributed by atoms with Gasteiger partial charge in [0, 0.05) is 5.41 Å². The number of alkyl halides is 20. The molecule has 36 heavy (non-hydrogen) atoms. The van der Waals surface area contributed by atoms with Crippen LogP contribution in [0.25, 0.3) is 0 Å². The van der Waals surface area contributed by atoms with E-state index in [0.29, 0.717) is 0 Å². The number of hydrogen-bond donors (Lipinski definition) is 0. The fourth-order valence-electron chi connectivity index (χ4n) is 4.65. The van der Waals surface area contributed by atoms with Crippen molar-refractivity contribution in [3.63, 3.8) is 0 Å². The summed E-state index contributed by atoms with van der Waals surface area (Å²) in [6, 6.07) is 0. The van der Waals surface area contributed by atoms with Crippen LogP contribution in [-0.4, -0.2) is 48.4 Å². The van der Waals surface area contributed by atoms with Crippen LogP contribution in [0.4, 0.5) is 0 Å². The van der Waals surface area contributed by atoms with E-state index in [-0.39, 0.29) is 0 Å². The van der Waals surface area contributed by atoms with Gasteiger partial charge in [0.25, 0.3) is 0 Å². The molecular formula is C16H14Cl20. The molecule has 0 bridgehead atoms. The summed E-state index contributed by atoms with van der Waals surface area (Å²) in [7, 11) is 0. The molecular weight excluding hydrogens is 901 g/mol. The van der Waals surface area contributed by atoms with Crippen LogP contribution in [0.1, 0.15) is 6.92 Å². The van der Waals surface area contributed by atoms with Gasteiger partial charge in [-0.1, -0.05) is 6.92 Å². The molecule has 1 unspecified atom stereocenters. The molecule has 0 aliphatic rings. The molecule has 0 nitrogen and oxygen atoms in total. The third kappa shape index (κ3) is 6.39. The summed E-state index contributed by atoms with van der Waals surface area (Å²) < 4.78 is 0. The second kappa shape index (κ2) is 16.4. The van der Waals surface area contributed by atoms with Crippen molar-refractivity contribution < 1.29 is 0 Å². The van der Waals surface area contributed by atoms with Gasteiger partial charge in [-0.2, -0.15) is 0 Å². The highest BCUT2D eigenvalue weighted by atomic mass is 35.6. The van der Waals surface area contributed by atoms with Gasteiger partial charge in [0.15, 0.2) is 0 Å². The van der Waals surface area contributed by atoms with E-state index in [9.17, 15) is 0 Å². The lowest BCUT2D eigenvalue weighted by Gasteiger charge is -2.70. The molecule has 20 heteroatoms. The Morgan fingerprint density at radius 3 is 0.639 bits per heavy atom. The highest BCUT2D eigenvalue weighted by Crippen LogP contribution is 2.80. The minimum atomic E-state index is -2.56. The van der Waals surface area contributed by atoms with Gasteiger partial charge in [0.05, 0.1) is 16.2 Å². The van der Waals surface area contributed by atoms with Crippen molar-refractivity contribution in [2.75, 3.05) is 0 Å². The fourth-order valence-corrected chi connectivity index (χ4v) is 15.2. The summed E-state index contributed by atoms with van der Waals surface area (Å²) in [5.41, 5.74) is -9.70. The first-order valence-electron chi connectivity index (χ1n) is 8.91. The predicted octanol–water partition coefficient (Wildman–Crippen LogP) is 13.6. The molecule has 0 aromatic heterocycles. The first-order valence-corrected chi connectivity index (χ1v) is 17.6. The Morgan fingerprint density at radius 1 is 0.306 bits per heavy atom. The smallest absolute Gasteiger partial charge is 0.105 e. The Hall–Kier alpha value is 5.80. The van der Waals surface area contributed by atoms with E-state index in [4.69, 9.17) is 232 Å². The first-order chi connectivity index (χ1) is 16.1. The van der Waals surface area contributed by atoms with E-state index < -0.39 is 75.9 Å². The summed E-state index contributed by atoms with van der Waals surface area (Å²) in [5, 5.41) is 0. The van der Waals surface area contributed by atoms with E-state index in [2.05, 4.69) is 0 Å². The number of halogens is 20. The van der Waals surface area contributed by atoms with Crippen molar-refractivity contribution in [1.82, 2.24) is 0 Å². The standard InChI is InChI=1S/C16H14Cl20/c1-2(3(17)18)13(4(19)20,5(21)22)15(9(29)30,10(31)32)16(11(33)34,12(35)36)14(6(23)24,7(25)26)8(27)28/h2-12H,1H3. The maximum atomic E-state index is 6.69. The summed E-state index contributed by atoms with van der Waals surface area (Å²) >= 11 is 131. The molecule has 0 spiro atoms. The molecule has 0 N–H and O–H groups in total. The lowest BCUT2D eigenvalue weighted by atomic mass is 9.44. The van der Waals surface area contributed by atoms with Crippen molar-refractivity contribution in [3.8, 4) is 0 Å². The minimum Gasteiger partial charge on any atom is -0.105 e. The van der Waals surface area contributed by atoms with Crippen molar-refractivity contribution in [3.05, 3.63) is 0 Å². The highest BCUT2D eigenvalue weighted by Gasteiger charge is 2.84. The Kier molecular flexibility index (Phi) is 19.0. The topological polar surface area (TPSA) is 0 Å². The molecule has 0 heterocycles. The minimum absolute atomic E-state index is 1.20. The summed E-state index contributed by atoms with van der Waals surface area (Å²) in [6.07, 6.45) is 0. The lowest BCUT2D eigenvalue weighted by molar-refractivity contribution is -0.131.